The summed E-state index contributed by atoms with van der Waals surface area (Å²) in [6.07, 6.45) is 0. The fraction of sp³-hybridized carbons (Fsp3) is 0. The van der Waals surface area contributed by atoms with Crippen molar-refractivity contribution >= 4 is 43.6 Å². The van der Waals surface area contributed by atoms with Gasteiger partial charge in [0.1, 0.15) is 0 Å². The number of hydrogen-bond acceptors (Lipinski definition) is 1. The zero-order valence-electron chi connectivity index (χ0n) is 24.9. The van der Waals surface area contributed by atoms with Gasteiger partial charge in [0, 0.05) is 32.9 Å². The van der Waals surface area contributed by atoms with Crippen LogP contribution in [0.25, 0.3) is 77.2 Å². The number of nitriles is 1. The molecule has 9 aromatic rings. The number of nitrogens with zero attached hydrogens (tertiary/aromatic N) is 3. The Morgan fingerprint density at radius 3 is 1.54 bits per heavy atom. The molecule has 0 bridgehead atoms. The van der Waals surface area contributed by atoms with Crippen LogP contribution in [0.5, 0.6) is 0 Å². The van der Waals surface area contributed by atoms with E-state index in [9.17, 15) is 5.26 Å². The Morgan fingerprint density at radius 2 is 0.870 bits per heavy atom. The van der Waals surface area contributed by atoms with Crippen molar-refractivity contribution in [2.24, 2.45) is 0 Å². The van der Waals surface area contributed by atoms with Crippen LogP contribution in [0.3, 0.4) is 0 Å². The van der Waals surface area contributed by atoms with Crippen molar-refractivity contribution in [3.05, 3.63) is 169 Å². The SMILES string of the molecule is N#Cc1cc(-c2cccc(-n3c4ccccc4c4ccccc43)c2)cc(-n2c3ccccc3c3cc(-c4ccccc4)ccc32)c1. The number of benzene rings is 7. The Hall–Kier alpha value is -6.37. The first-order valence-corrected chi connectivity index (χ1v) is 15.5. The van der Waals surface area contributed by atoms with Crippen LogP contribution in [0.2, 0.25) is 0 Å². The molecule has 214 valence electrons. The molecule has 46 heavy (non-hydrogen) atoms. The van der Waals surface area contributed by atoms with Gasteiger partial charge in [0.25, 0.3) is 0 Å². The Morgan fingerprint density at radius 1 is 0.348 bits per heavy atom. The van der Waals surface area contributed by atoms with E-state index in [0.29, 0.717) is 5.56 Å². The third-order valence-electron chi connectivity index (χ3n) is 9.10. The largest absolute Gasteiger partial charge is 0.309 e. The maximum atomic E-state index is 10.2. The quantitative estimate of drug-likeness (QED) is 0.202. The highest BCUT2D eigenvalue weighted by molar-refractivity contribution is 6.11. The summed E-state index contributed by atoms with van der Waals surface area (Å²) in [5.74, 6) is 0. The highest BCUT2D eigenvalue weighted by atomic mass is 15.0. The molecule has 2 aromatic heterocycles. The van der Waals surface area contributed by atoms with E-state index < -0.39 is 0 Å². The van der Waals surface area contributed by atoms with Gasteiger partial charge in [0.15, 0.2) is 0 Å². The number of aromatic nitrogens is 2. The van der Waals surface area contributed by atoms with Crippen LogP contribution in [0.1, 0.15) is 5.56 Å². The summed E-state index contributed by atoms with van der Waals surface area (Å²) in [4.78, 5) is 0. The average molecular weight is 586 g/mol. The third kappa shape index (κ3) is 4.05. The first kappa shape index (κ1) is 26.1. The molecule has 7 aromatic carbocycles. The van der Waals surface area contributed by atoms with Crippen molar-refractivity contribution in [2.45, 2.75) is 0 Å². The van der Waals surface area contributed by atoms with Gasteiger partial charge in [-0.1, -0.05) is 103 Å². The molecule has 0 spiro atoms. The number of hydrogen-bond donors (Lipinski definition) is 0. The van der Waals surface area contributed by atoms with Crippen LogP contribution in [-0.2, 0) is 0 Å². The first-order chi connectivity index (χ1) is 22.8. The number of rotatable bonds is 4. The molecule has 0 aliphatic rings. The molecular formula is C43H27N3. The molecule has 2 heterocycles. The van der Waals surface area contributed by atoms with Crippen molar-refractivity contribution in [1.29, 1.82) is 5.26 Å². The van der Waals surface area contributed by atoms with Crippen molar-refractivity contribution < 1.29 is 0 Å². The normalized spacial score (nSPS) is 11.5. The Labute approximate surface area is 266 Å². The molecule has 0 N–H and O–H groups in total. The lowest BCUT2D eigenvalue weighted by Gasteiger charge is -2.13. The van der Waals surface area contributed by atoms with Gasteiger partial charge < -0.3 is 9.13 Å². The van der Waals surface area contributed by atoms with Gasteiger partial charge in [-0.05, 0) is 82.9 Å². The maximum absolute atomic E-state index is 10.2. The lowest BCUT2D eigenvalue weighted by molar-refractivity contribution is 1.17. The number of para-hydroxylation sites is 3. The van der Waals surface area contributed by atoms with E-state index in [2.05, 4.69) is 161 Å². The van der Waals surface area contributed by atoms with Crippen LogP contribution in [-0.4, -0.2) is 9.13 Å². The minimum absolute atomic E-state index is 0.626. The molecule has 0 saturated carbocycles. The summed E-state index contributed by atoms with van der Waals surface area (Å²) in [5.41, 5.74) is 11.7. The van der Waals surface area contributed by atoms with Gasteiger partial charge in [0.05, 0.1) is 33.7 Å². The predicted molar refractivity (Wildman–Crippen MR) is 191 cm³/mol. The predicted octanol–water partition coefficient (Wildman–Crippen LogP) is 11.1. The van der Waals surface area contributed by atoms with Crippen LogP contribution < -0.4 is 0 Å². The van der Waals surface area contributed by atoms with E-state index in [1.54, 1.807) is 0 Å². The minimum Gasteiger partial charge on any atom is -0.309 e. The van der Waals surface area contributed by atoms with E-state index >= 15 is 0 Å². The van der Waals surface area contributed by atoms with E-state index in [1.807, 2.05) is 18.2 Å². The van der Waals surface area contributed by atoms with E-state index in [0.717, 1.165) is 33.5 Å². The zero-order chi connectivity index (χ0) is 30.6. The monoisotopic (exact) mass is 585 g/mol. The lowest BCUT2D eigenvalue weighted by atomic mass is 10.0. The van der Waals surface area contributed by atoms with Crippen LogP contribution in [0, 0.1) is 11.3 Å². The summed E-state index contributed by atoms with van der Waals surface area (Å²) in [6, 6.07) is 60.1. The molecule has 0 aliphatic carbocycles. The minimum atomic E-state index is 0.626. The van der Waals surface area contributed by atoms with Gasteiger partial charge in [-0.15, -0.1) is 0 Å². The number of fused-ring (bicyclic) bond motifs is 6. The fourth-order valence-electron chi connectivity index (χ4n) is 7.06. The second kappa shape index (κ2) is 10.4. The second-order valence-corrected chi connectivity index (χ2v) is 11.8. The summed E-state index contributed by atoms with van der Waals surface area (Å²) in [6.45, 7) is 0. The molecule has 0 amide bonds. The third-order valence-corrected chi connectivity index (χ3v) is 9.10. The molecule has 0 saturated heterocycles. The highest BCUT2D eigenvalue weighted by Crippen LogP contribution is 2.37. The highest BCUT2D eigenvalue weighted by Gasteiger charge is 2.16. The van der Waals surface area contributed by atoms with Crippen LogP contribution in [0.4, 0.5) is 0 Å². The van der Waals surface area contributed by atoms with Crippen LogP contribution >= 0.6 is 0 Å². The molecule has 9 rings (SSSR count). The van der Waals surface area contributed by atoms with E-state index in [-0.39, 0.29) is 0 Å². The smallest absolute Gasteiger partial charge is 0.0992 e. The molecular weight excluding hydrogens is 558 g/mol. The molecule has 0 atom stereocenters. The molecule has 3 heteroatoms. The van der Waals surface area contributed by atoms with Gasteiger partial charge >= 0.3 is 0 Å². The first-order valence-electron chi connectivity index (χ1n) is 15.5. The fourth-order valence-corrected chi connectivity index (χ4v) is 7.06. The van der Waals surface area contributed by atoms with Crippen LogP contribution in [0.15, 0.2) is 164 Å². The van der Waals surface area contributed by atoms with Gasteiger partial charge in [-0.3, -0.25) is 0 Å². The summed E-state index contributed by atoms with van der Waals surface area (Å²) in [7, 11) is 0. The average Bonchev–Trinajstić information content (AvgIpc) is 3.64. The van der Waals surface area contributed by atoms with Crippen molar-refractivity contribution in [2.75, 3.05) is 0 Å². The Bertz CT molecular complexity index is 2600. The van der Waals surface area contributed by atoms with E-state index in [1.165, 1.54) is 43.7 Å². The lowest BCUT2D eigenvalue weighted by Crippen LogP contribution is -1.97. The zero-order valence-corrected chi connectivity index (χ0v) is 24.9. The van der Waals surface area contributed by atoms with Gasteiger partial charge in [0.2, 0.25) is 0 Å². The topological polar surface area (TPSA) is 33.6 Å². The molecule has 0 unspecified atom stereocenters. The molecule has 3 nitrogen and oxygen atoms in total. The Balaban J connectivity index is 1.24. The van der Waals surface area contributed by atoms with E-state index in [4.69, 9.17) is 0 Å². The van der Waals surface area contributed by atoms with Crippen molar-refractivity contribution in [3.8, 4) is 39.7 Å². The summed E-state index contributed by atoms with van der Waals surface area (Å²) in [5, 5.41) is 15.0. The van der Waals surface area contributed by atoms with Crippen molar-refractivity contribution in [1.82, 2.24) is 9.13 Å². The summed E-state index contributed by atoms with van der Waals surface area (Å²) < 4.78 is 4.63. The molecule has 0 radical (unpaired) electrons. The second-order valence-electron chi connectivity index (χ2n) is 11.8. The molecule has 0 fully saturated rings. The van der Waals surface area contributed by atoms with Gasteiger partial charge in [-0.2, -0.15) is 5.26 Å². The maximum Gasteiger partial charge on any atom is 0.0992 e. The molecule has 0 aliphatic heterocycles. The standard InChI is InChI=1S/C43H27N3/c44-28-29-23-33(31-13-10-14-34(25-31)45-40-18-7-4-15-36(40)37-16-5-8-19-41(37)45)26-35(24-29)46-42-20-9-6-17-38(42)39-27-32(21-22-43(39)46)30-11-2-1-3-12-30/h1-27H. The Kier molecular flexibility index (Phi) is 5.88. The summed E-state index contributed by atoms with van der Waals surface area (Å²) >= 11 is 0. The van der Waals surface area contributed by atoms with Crippen molar-refractivity contribution in [3.63, 3.8) is 0 Å². The van der Waals surface area contributed by atoms with Gasteiger partial charge in [-0.25, -0.2) is 0 Å².